The number of amides is 1. The summed E-state index contributed by atoms with van der Waals surface area (Å²) in [6.45, 7) is 8.52. The number of para-hydroxylation sites is 1. The Morgan fingerprint density at radius 1 is 1.18 bits per heavy atom. The molecule has 4 heteroatoms. The van der Waals surface area contributed by atoms with Gasteiger partial charge in [0.15, 0.2) is 0 Å². The molecule has 0 bridgehead atoms. The second kappa shape index (κ2) is 9.18. The molecule has 1 N–H and O–H groups in total. The second-order valence-corrected chi connectivity index (χ2v) is 7.14. The predicted molar refractivity (Wildman–Crippen MR) is 113 cm³/mol. The van der Waals surface area contributed by atoms with E-state index < -0.39 is 0 Å². The number of carbonyl (C=O) groups is 1. The quantitative estimate of drug-likeness (QED) is 0.552. The van der Waals surface area contributed by atoms with Crippen LogP contribution in [0.4, 0.5) is 0 Å². The molecule has 1 atom stereocenters. The number of hydrogen-bond acceptors (Lipinski definition) is 3. The number of benzene rings is 2. The summed E-state index contributed by atoms with van der Waals surface area (Å²) in [4.78, 5) is 12.7. The molecule has 0 unspecified atom stereocenters. The summed E-state index contributed by atoms with van der Waals surface area (Å²) in [6.07, 6.45) is 3.93. The number of ether oxygens (including phenoxy) is 1. The summed E-state index contributed by atoms with van der Waals surface area (Å²) in [7, 11) is 0. The van der Waals surface area contributed by atoms with Crippen LogP contribution < -0.4 is 10.2 Å². The smallest absolute Gasteiger partial charge is 0.275 e. The van der Waals surface area contributed by atoms with Crippen LogP contribution >= 0.6 is 0 Å². The molecule has 0 aromatic heterocycles. The second-order valence-electron chi connectivity index (χ2n) is 7.14. The third kappa shape index (κ3) is 4.97. The van der Waals surface area contributed by atoms with Crippen molar-refractivity contribution in [3.05, 3.63) is 89.5 Å². The summed E-state index contributed by atoms with van der Waals surface area (Å²) >= 11 is 0. The third-order valence-electron chi connectivity index (χ3n) is 4.96. The van der Waals surface area contributed by atoms with E-state index >= 15 is 0 Å². The predicted octanol–water partition coefficient (Wildman–Crippen LogP) is 5.28. The van der Waals surface area contributed by atoms with Crippen molar-refractivity contribution in [2.24, 2.45) is 11.0 Å². The van der Waals surface area contributed by atoms with Crippen molar-refractivity contribution < 1.29 is 9.53 Å². The van der Waals surface area contributed by atoms with E-state index in [1.54, 1.807) is 12.1 Å². The summed E-state index contributed by atoms with van der Waals surface area (Å²) in [6, 6.07) is 17.1. The van der Waals surface area contributed by atoms with Gasteiger partial charge in [-0.05, 0) is 55.9 Å². The van der Waals surface area contributed by atoms with Crippen molar-refractivity contribution in [3.8, 4) is 5.75 Å². The normalized spacial score (nSPS) is 17.7. The molecular formula is C24H26N2O2. The number of rotatable bonds is 6. The average Bonchev–Trinajstić information content (AvgIpc) is 2.72. The van der Waals surface area contributed by atoms with Crippen LogP contribution in [-0.2, 0) is 6.61 Å². The SMILES string of the molecule is C=C(C)[C@@H]1CC=C(C)/C(=N\NC(=O)c2ccccc2OCc2ccccc2)C1. The highest BCUT2D eigenvalue weighted by Crippen LogP contribution is 2.26. The van der Waals surface area contributed by atoms with Gasteiger partial charge in [0.05, 0.1) is 11.3 Å². The van der Waals surface area contributed by atoms with Gasteiger partial charge in [-0.2, -0.15) is 5.10 Å². The van der Waals surface area contributed by atoms with Gasteiger partial charge in [-0.15, -0.1) is 0 Å². The van der Waals surface area contributed by atoms with Crippen molar-refractivity contribution in [2.45, 2.75) is 33.3 Å². The van der Waals surface area contributed by atoms with E-state index in [2.05, 4.69) is 23.2 Å². The molecule has 0 saturated heterocycles. The van der Waals surface area contributed by atoms with Crippen molar-refractivity contribution in [1.29, 1.82) is 0 Å². The van der Waals surface area contributed by atoms with E-state index in [0.29, 0.717) is 23.8 Å². The number of carbonyl (C=O) groups excluding carboxylic acids is 1. The lowest BCUT2D eigenvalue weighted by Crippen LogP contribution is -2.23. The van der Waals surface area contributed by atoms with E-state index in [9.17, 15) is 4.79 Å². The lowest BCUT2D eigenvalue weighted by molar-refractivity contribution is 0.0950. The zero-order valence-electron chi connectivity index (χ0n) is 16.4. The largest absolute Gasteiger partial charge is 0.488 e. The summed E-state index contributed by atoms with van der Waals surface area (Å²) < 4.78 is 5.87. The monoisotopic (exact) mass is 374 g/mol. The van der Waals surface area contributed by atoms with Crippen LogP contribution in [0.1, 0.15) is 42.6 Å². The molecule has 1 amide bonds. The van der Waals surface area contributed by atoms with E-state index in [4.69, 9.17) is 4.74 Å². The van der Waals surface area contributed by atoms with Crippen molar-refractivity contribution in [2.75, 3.05) is 0 Å². The standard InChI is InChI=1S/C24H26N2O2/c1-17(2)20-14-13-18(3)22(15-20)25-26-24(27)21-11-7-8-12-23(21)28-16-19-9-5-4-6-10-19/h4-13,20H,1,14-16H2,2-3H3,(H,26,27)/b25-22-/t20-/m1/s1. The number of hydrazone groups is 1. The Morgan fingerprint density at radius 2 is 1.89 bits per heavy atom. The lowest BCUT2D eigenvalue weighted by atomic mass is 9.85. The van der Waals surface area contributed by atoms with Crippen molar-refractivity contribution >= 4 is 11.6 Å². The average molecular weight is 374 g/mol. The molecule has 3 rings (SSSR count). The molecule has 0 radical (unpaired) electrons. The van der Waals surface area contributed by atoms with Gasteiger partial charge in [0.1, 0.15) is 12.4 Å². The van der Waals surface area contributed by atoms with Crippen LogP contribution in [0.15, 0.2) is 83.5 Å². The van der Waals surface area contributed by atoms with Crippen LogP contribution in [0.3, 0.4) is 0 Å². The number of nitrogens with zero attached hydrogens (tertiary/aromatic N) is 1. The molecule has 144 valence electrons. The molecule has 28 heavy (non-hydrogen) atoms. The molecule has 2 aromatic carbocycles. The molecule has 4 nitrogen and oxygen atoms in total. The number of allylic oxidation sites excluding steroid dienone is 3. The Bertz CT molecular complexity index is 913. The Labute approximate surface area is 166 Å². The highest BCUT2D eigenvalue weighted by molar-refractivity contribution is 6.03. The topological polar surface area (TPSA) is 50.7 Å². The van der Waals surface area contributed by atoms with Crippen LogP contribution in [0.25, 0.3) is 0 Å². The Morgan fingerprint density at radius 3 is 2.64 bits per heavy atom. The van der Waals surface area contributed by atoms with E-state index in [1.165, 1.54) is 0 Å². The van der Waals surface area contributed by atoms with Gasteiger partial charge in [-0.3, -0.25) is 4.79 Å². The first-order valence-electron chi connectivity index (χ1n) is 9.49. The van der Waals surface area contributed by atoms with Crippen LogP contribution in [0.5, 0.6) is 5.75 Å². The molecule has 0 heterocycles. The van der Waals surface area contributed by atoms with Crippen LogP contribution in [-0.4, -0.2) is 11.6 Å². The summed E-state index contributed by atoms with van der Waals surface area (Å²) in [5.74, 6) is 0.641. The highest BCUT2D eigenvalue weighted by Gasteiger charge is 2.19. The Kier molecular flexibility index (Phi) is 6.43. The Hall–Kier alpha value is -3.14. The minimum Gasteiger partial charge on any atom is -0.488 e. The zero-order chi connectivity index (χ0) is 19.9. The first-order chi connectivity index (χ1) is 13.5. The molecule has 0 aliphatic heterocycles. The summed E-state index contributed by atoms with van der Waals surface area (Å²) in [5, 5.41) is 4.38. The van der Waals surface area contributed by atoms with Gasteiger partial charge in [0, 0.05) is 0 Å². The molecule has 0 spiro atoms. The van der Waals surface area contributed by atoms with Gasteiger partial charge in [-0.25, -0.2) is 5.43 Å². The fourth-order valence-electron chi connectivity index (χ4n) is 3.12. The van der Waals surface area contributed by atoms with Gasteiger partial charge in [0.2, 0.25) is 0 Å². The molecule has 1 aliphatic rings. The van der Waals surface area contributed by atoms with Crippen LogP contribution in [0.2, 0.25) is 0 Å². The van der Waals surface area contributed by atoms with E-state index in [0.717, 1.165) is 35.3 Å². The fourth-order valence-corrected chi connectivity index (χ4v) is 3.12. The molecule has 1 aliphatic carbocycles. The number of nitrogens with one attached hydrogen (secondary N) is 1. The lowest BCUT2D eigenvalue weighted by Gasteiger charge is -2.22. The Balaban J connectivity index is 1.70. The number of hydrogen-bond donors (Lipinski definition) is 1. The van der Waals surface area contributed by atoms with Crippen molar-refractivity contribution in [1.82, 2.24) is 5.43 Å². The minimum absolute atomic E-state index is 0.276. The van der Waals surface area contributed by atoms with Gasteiger partial charge < -0.3 is 4.74 Å². The summed E-state index contributed by atoms with van der Waals surface area (Å²) in [5.41, 5.74) is 7.36. The zero-order valence-corrected chi connectivity index (χ0v) is 16.4. The highest BCUT2D eigenvalue weighted by atomic mass is 16.5. The molecule has 0 fully saturated rings. The van der Waals surface area contributed by atoms with Gasteiger partial charge in [0.25, 0.3) is 5.91 Å². The minimum atomic E-state index is -0.276. The van der Waals surface area contributed by atoms with E-state index in [-0.39, 0.29) is 5.91 Å². The first kappa shape index (κ1) is 19.6. The maximum absolute atomic E-state index is 12.7. The maximum Gasteiger partial charge on any atom is 0.275 e. The molecule has 2 aromatic rings. The van der Waals surface area contributed by atoms with Crippen LogP contribution in [0, 0.1) is 5.92 Å². The molecular weight excluding hydrogens is 348 g/mol. The fraction of sp³-hybridized carbons (Fsp3) is 0.250. The first-order valence-corrected chi connectivity index (χ1v) is 9.49. The van der Waals surface area contributed by atoms with Gasteiger partial charge in [-0.1, -0.05) is 60.7 Å². The van der Waals surface area contributed by atoms with E-state index in [1.807, 2.05) is 56.3 Å². The molecule has 0 saturated carbocycles. The van der Waals surface area contributed by atoms with Crippen molar-refractivity contribution in [3.63, 3.8) is 0 Å². The van der Waals surface area contributed by atoms with Gasteiger partial charge >= 0.3 is 0 Å². The maximum atomic E-state index is 12.7. The third-order valence-corrected chi connectivity index (χ3v) is 4.96.